The number of aliphatic hydroxyl groups excluding tert-OH is 1. The Morgan fingerprint density at radius 2 is 1.36 bits per heavy atom. The highest BCUT2D eigenvalue weighted by molar-refractivity contribution is 6.08. The van der Waals surface area contributed by atoms with Gasteiger partial charge in [0.25, 0.3) is 0 Å². The second-order valence-electron chi connectivity index (χ2n) is 6.96. The number of piperidine rings is 1. The molecule has 3 aromatic rings. The number of nitrogens with zero attached hydrogens (tertiary/aromatic N) is 1. The van der Waals surface area contributed by atoms with Crippen molar-refractivity contribution < 1.29 is 31.4 Å². The molecular weight excluding hydrogens is 386 g/mol. The van der Waals surface area contributed by atoms with Crippen LogP contribution in [0.4, 0.5) is 26.3 Å². The lowest BCUT2D eigenvalue weighted by atomic mass is 10.0. The minimum Gasteiger partial charge on any atom is -0.390 e. The fourth-order valence-corrected chi connectivity index (χ4v) is 3.89. The van der Waals surface area contributed by atoms with Crippen molar-refractivity contribution in [3.63, 3.8) is 0 Å². The zero-order valence-corrected chi connectivity index (χ0v) is 14.4. The van der Waals surface area contributed by atoms with Crippen LogP contribution in [0.1, 0.15) is 23.6 Å². The third kappa shape index (κ3) is 3.12. The molecule has 2 atom stereocenters. The molecule has 1 aliphatic rings. The van der Waals surface area contributed by atoms with Crippen molar-refractivity contribution >= 4 is 21.8 Å². The van der Waals surface area contributed by atoms with Gasteiger partial charge in [0.1, 0.15) is 0 Å². The zero-order chi connectivity index (χ0) is 20.3. The van der Waals surface area contributed by atoms with Gasteiger partial charge in [-0.05, 0) is 49.4 Å². The number of rotatable bonds is 1. The van der Waals surface area contributed by atoms with E-state index in [0.717, 1.165) is 24.3 Å². The first-order valence-corrected chi connectivity index (χ1v) is 8.68. The summed E-state index contributed by atoms with van der Waals surface area (Å²) in [7, 11) is 0. The molecule has 1 aromatic heterocycles. The van der Waals surface area contributed by atoms with Gasteiger partial charge in [0.15, 0.2) is 0 Å². The van der Waals surface area contributed by atoms with E-state index < -0.39 is 35.6 Å². The highest BCUT2D eigenvalue weighted by atomic mass is 19.4. The van der Waals surface area contributed by atoms with E-state index >= 15 is 0 Å². The van der Waals surface area contributed by atoms with Crippen LogP contribution >= 0.6 is 0 Å². The van der Waals surface area contributed by atoms with Gasteiger partial charge in [0, 0.05) is 28.4 Å². The van der Waals surface area contributed by atoms with Gasteiger partial charge in [0.05, 0.1) is 23.3 Å². The van der Waals surface area contributed by atoms with Crippen LogP contribution in [0.25, 0.3) is 21.8 Å². The Morgan fingerprint density at radius 3 is 1.79 bits per heavy atom. The summed E-state index contributed by atoms with van der Waals surface area (Å²) in [6.07, 6.45) is -9.53. The number of hydrogen-bond donors (Lipinski definition) is 2. The zero-order valence-electron chi connectivity index (χ0n) is 14.4. The smallest absolute Gasteiger partial charge is 0.390 e. The van der Waals surface area contributed by atoms with Gasteiger partial charge >= 0.3 is 12.4 Å². The normalized spacial score (nSPS) is 21.5. The van der Waals surface area contributed by atoms with Crippen LogP contribution in [-0.2, 0) is 12.4 Å². The SMILES string of the molecule is O[C@H]1CNCC[C@@H]1n1c2ccc(C(F)(F)F)cc2c2cc(C(F)(F)F)ccc21. The van der Waals surface area contributed by atoms with Gasteiger partial charge in [-0.2, -0.15) is 26.3 Å². The van der Waals surface area contributed by atoms with Crippen molar-refractivity contribution in [2.75, 3.05) is 13.1 Å². The van der Waals surface area contributed by atoms with E-state index in [2.05, 4.69) is 5.32 Å². The lowest BCUT2D eigenvalue weighted by Crippen LogP contribution is -2.41. The fourth-order valence-electron chi connectivity index (χ4n) is 3.89. The summed E-state index contributed by atoms with van der Waals surface area (Å²) in [6, 6.07) is 5.66. The predicted molar refractivity (Wildman–Crippen MR) is 92.0 cm³/mol. The van der Waals surface area contributed by atoms with E-state index in [4.69, 9.17) is 0 Å². The summed E-state index contributed by atoms with van der Waals surface area (Å²) >= 11 is 0. The monoisotopic (exact) mass is 402 g/mol. The lowest BCUT2D eigenvalue weighted by Gasteiger charge is -2.31. The van der Waals surface area contributed by atoms with Gasteiger partial charge in [-0.3, -0.25) is 0 Å². The Balaban J connectivity index is 2.04. The minimum atomic E-state index is -4.61. The van der Waals surface area contributed by atoms with E-state index in [1.54, 1.807) is 4.57 Å². The molecule has 1 fully saturated rings. The van der Waals surface area contributed by atoms with Gasteiger partial charge < -0.3 is 15.0 Å². The van der Waals surface area contributed by atoms with Crippen molar-refractivity contribution in [3.8, 4) is 0 Å². The fraction of sp³-hybridized carbons (Fsp3) is 0.368. The van der Waals surface area contributed by atoms with E-state index in [1.807, 2.05) is 0 Å². The molecule has 150 valence electrons. The maximum absolute atomic E-state index is 13.2. The summed E-state index contributed by atoms with van der Waals surface area (Å²) in [5, 5.41) is 13.6. The van der Waals surface area contributed by atoms with Crippen LogP contribution in [-0.4, -0.2) is 28.9 Å². The average Bonchev–Trinajstić information content (AvgIpc) is 2.94. The maximum atomic E-state index is 13.2. The second-order valence-corrected chi connectivity index (χ2v) is 6.96. The summed E-state index contributed by atoms with van der Waals surface area (Å²) in [4.78, 5) is 0. The number of alkyl halides is 6. The number of nitrogens with one attached hydrogen (secondary N) is 1. The molecule has 2 N–H and O–H groups in total. The van der Waals surface area contributed by atoms with Crippen molar-refractivity contribution in [2.45, 2.75) is 30.9 Å². The Morgan fingerprint density at radius 1 is 0.857 bits per heavy atom. The van der Waals surface area contributed by atoms with Crippen LogP contribution in [0.2, 0.25) is 0 Å². The highest BCUT2D eigenvalue weighted by Crippen LogP contribution is 2.40. The molecule has 3 nitrogen and oxygen atoms in total. The van der Waals surface area contributed by atoms with Gasteiger partial charge in [0.2, 0.25) is 0 Å². The van der Waals surface area contributed by atoms with Crippen molar-refractivity contribution in [1.82, 2.24) is 9.88 Å². The molecule has 4 rings (SSSR count). The molecule has 0 unspecified atom stereocenters. The van der Waals surface area contributed by atoms with Crippen molar-refractivity contribution in [3.05, 3.63) is 47.5 Å². The number of hydrogen-bond acceptors (Lipinski definition) is 2. The molecule has 28 heavy (non-hydrogen) atoms. The first kappa shape index (κ1) is 19.1. The summed E-state index contributed by atoms with van der Waals surface area (Å²) in [5.74, 6) is 0. The summed E-state index contributed by atoms with van der Waals surface area (Å²) < 4.78 is 80.7. The number of β-amino-alcohol motifs (C(OH)–C–C–N with tert-alkyl or cyclic N) is 1. The molecule has 0 spiro atoms. The summed E-state index contributed by atoms with van der Waals surface area (Å²) in [5.41, 5.74) is -1.12. The first-order chi connectivity index (χ1) is 13.1. The Bertz CT molecular complexity index is 965. The number of benzene rings is 2. The van der Waals surface area contributed by atoms with Gasteiger partial charge in [-0.25, -0.2) is 0 Å². The van der Waals surface area contributed by atoms with Crippen molar-refractivity contribution in [2.24, 2.45) is 0 Å². The van der Waals surface area contributed by atoms with Crippen molar-refractivity contribution in [1.29, 1.82) is 0 Å². The highest BCUT2D eigenvalue weighted by Gasteiger charge is 2.34. The maximum Gasteiger partial charge on any atom is 0.416 e. The van der Waals surface area contributed by atoms with E-state index in [1.165, 1.54) is 12.1 Å². The standard InChI is InChI=1S/C19H16F6N2O/c20-18(21,22)10-1-3-14-12(7-10)13-8-11(19(23,24)25)2-4-15(13)27(14)16-5-6-26-9-17(16)28/h1-4,7-8,16-17,26,28H,5-6,9H2/t16-,17-/m0/s1. The second kappa shape index (κ2) is 6.38. The Labute approximate surface area is 155 Å². The molecule has 9 heteroatoms. The lowest BCUT2D eigenvalue weighted by molar-refractivity contribution is -0.138. The average molecular weight is 402 g/mol. The van der Waals surface area contributed by atoms with Gasteiger partial charge in [-0.15, -0.1) is 0 Å². The van der Waals surface area contributed by atoms with Crippen LogP contribution in [0.5, 0.6) is 0 Å². The minimum absolute atomic E-state index is 0.0849. The third-order valence-electron chi connectivity index (χ3n) is 5.20. The third-order valence-corrected chi connectivity index (χ3v) is 5.20. The van der Waals surface area contributed by atoms with Crippen LogP contribution in [0.15, 0.2) is 36.4 Å². The number of fused-ring (bicyclic) bond motifs is 3. The number of halogens is 6. The number of aliphatic hydroxyl groups is 1. The van der Waals surface area contributed by atoms with E-state index in [9.17, 15) is 31.4 Å². The van der Waals surface area contributed by atoms with E-state index in [0.29, 0.717) is 30.5 Å². The molecule has 0 amide bonds. The quantitative estimate of drug-likeness (QED) is 0.578. The van der Waals surface area contributed by atoms with Crippen LogP contribution in [0, 0.1) is 0 Å². The summed E-state index contributed by atoms with van der Waals surface area (Å²) in [6.45, 7) is 0.886. The molecule has 0 bridgehead atoms. The molecule has 0 aliphatic carbocycles. The Kier molecular flexibility index (Phi) is 4.35. The number of aromatic nitrogens is 1. The molecule has 2 aromatic carbocycles. The topological polar surface area (TPSA) is 37.2 Å². The largest absolute Gasteiger partial charge is 0.416 e. The van der Waals surface area contributed by atoms with Gasteiger partial charge in [-0.1, -0.05) is 0 Å². The molecular formula is C19H16F6N2O. The predicted octanol–water partition coefficient (Wildman–Crippen LogP) is 4.73. The van der Waals surface area contributed by atoms with Crippen LogP contribution < -0.4 is 5.32 Å². The van der Waals surface area contributed by atoms with E-state index in [-0.39, 0.29) is 10.8 Å². The molecule has 1 aliphatic heterocycles. The molecule has 0 radical (unpaired) electrons. The molecule has 1 saturated heterocycles. The first-order valence-electron chi connectivity index (χ1n) is 8.68. The molecule has 2 heterocycles. The van der Waals surface area contributed by atoms with Crippen LogP contribution in [0.3, 0.4) is 0 Å². The molecule has 0 saturated carbocycles. The Hall–Kier alpha value is -2.26.